The highest BCUT2D eigenvalue weighted by Crippen LogP contribution is 1.94. The minimum absolute atomic E-state index is 0.0731. The van der Waals surface area contributed by atoms with Gasteiger partial charge in [-0.25, -0.2) is 9.78 Å². The molecule has 0 bridgehead atoms. The number of aromatic amines is 1. The van der Waals surface area contributed by atoms with E-state index in [4.69, 9.17) is 0 Å². The molecular formula is C10H15N3O3. The Hall–Kier alpha value is -1.69. The number of hydrogen-bond donors (Lipinski definition) is 1. The first kappa shape index (κ1) is 12.4. The Labute approximate surface area is 93.3 Å². The van der Waals surface area contributed by atoms with Crippen LogP contribution in [0.1, 0.15) is 16.2 Å². The van der Waals surface area contributed by atoms with Crippen molar-refractivity contribution in [3.05, 3.63) is 27.9 Å². The summed E-state index contributed by atoms with van der Waals surface area (Å²) in [7, 11) is 5.09. The number of esters is 1. The predicted octanol–water partition coefficient (Wildman–Crippen LogP) is -0.339. The maximum Gasteiger partial charge on any atom is 0.345 e. The topological polar surface area (TPSA) is 75.3 Å². The zero-order valence-electron chi connectivity index (χ0n) is 9.61. The molecule has 0 atom stereocenters. The number of carbonyl (C=O) groups excluding carboxylic acids is 1. The predicted molar refractivity (Wildman–Crippen MR) is 58.5 cm³/mol. The number of carbonyl (C=O) groups is 1. The molecule has 6 heteroatoms. The van der Waals surface area contributed by atoms with Gasteiger partial charge in [0.05, 0.1) is 7.11 Å². The Bertz CT molecular complexity index is 426. The molecule has 0 aliphatic rings. The van der Waals surface area contributed by atoms with Crippen molar-refractivity contribution in [1.82, 2.24) is 14.9 Å². The third-order valence-electron chi connectivity index (χ3n) is 2.05. The van der Waals surface area contributed by atoms with Crippen molar-refractivity contribution in [1.29, 1.82) is 0 Å². The molecule has 0 fully saturated rings. The summed E-state index contributed by atoms with van der Waals surface area (Å²) in [6.45, 7) is 0.778. The Morgan fingerprint density at radius 1 is 1.56 bits per heavy atom. The molecule has 0 saturated carbocycles. The standard InChI is InChI=1S/C10H15N3O3/c1-13(2)5-4-8-11-6-7(9(14)12-8)10(15)16-3/h6H,4-5H2,1-3H3,(H,11,12,14). The van der Waals surface area contributed by atoms with Gasteiger partial charge in [-0.15, -0.1) is 0 Å². The van der Waals surface area contributed by atoms with Gasteiger partial charge in [-0.2, -0.15) is 0 Å². The van der Waals surface area contributed by atoms with Crippen LogP contribution in [0.3, 0.4) is 0 Å². The van der Waals surface area contributed by atoms with Crippen molar-refractivity contribution in [3.8, 4) is 0 Å². The maximum absolute atomic E-state index is 11.5. The molecule has 6 nitrogen and oxygen atoms in total. The average molecular weight is 225 g/mol. The number of hydrogen-bond acceptors (Lipinski definition) is 5. The average Bonchev–Trinajstić information content (AvgIpc) is 2.25. The second-order valence-electron chi connectivity index (χ2n) is 3.62. The minimum atomic E-state index is -0.673. The molecule has 16 heavy (non-hydrogen) atoms. The number of rotatable bonds is 4. The molecule has 0 aliphatic carbocycles. The highest BCUT2D eigenvalue weighted by molar-refractivity contribution is 5.88. The quantitative estimate of drug-likeness (QED) is 0.709. The number of aromatic nitrogens is 2. The van der Waals surface area contributed by atoms with Crippen LogP contribution in [0.4, 0.5) is 0 Å². The summed E-state index contributed by atoms with van der Waals surface area (Å²) in [5.74, 6) is -0.112. The zero-order chi connectivity index (χ0) is 12.1. The molecule has 0 amide bonds. The van der Waals surface area contributed by atoms with Crippen LogP contribution in [-0.4, -0.2) is 48.6 Å². The molecule has 0 aromatic carbocycles. The van der Waals surface area contributed by atoms with E-state index < -0.39 is 11.5 Å². The highest BCUT2D eigenvalue weighted by atomic mass is 16.5. The van der Waals surface area contributed by atoms with Crippen molar-refractivity contribution in [3.63, 3.8) is 0 Å². The van der Waals surface area contributed by atoms with Crippen molar-refractivity contribution in [2.24, 2.45) is 0 Å². The van der Waals surface area contributed by atoms with Crippen molar-refractivity contribution < 1.29 is 9.53 Å². The molecule has 1 N–H and O–H groups in total. The van der Waals surface area contributed by atoms with E-state index in [1.54, 1.807) is 0 Å². The maximum atomic E-state index is 11.5. The largest absolute Gasteiger partial charge is 0.465 e. The van der Waals surface area contributed by atoms with E-state index in [9.17, 15) is 9.59 Å². The Morgan fingerprint density at radius 3 is 2.75 bits per heavy atom. The Morgan fingerprint density at radius 2 is 2.25 bits per heavy atom. The van der Waals surface area contributed by atoms with E-state index in [0.717, 1.165) is 6.54 Å². The molecule has 0 saturated heterocycles. The van der Waals surface area contributed by atoms with Gasteiger partial charge in [0.15, 0.2) is 0 Å². The van der Waals surface area contributed by atoms with E-state index in [1.807, 2.05) is 19.0 Å². The lowest BCUT2D eigenvalue weighted by Crippen LogP contribution is -2.23. The third-order valence-corrected chi connectivity index (χ3v) is 2.05. The van der Waals surface area contributed by atoms with Crippen molar-refractivity contribution >= 4 is 5.97 Å². The van der Waals surface area contributed by atoms with Gasteiger partial charge in [0.1, 0.15) is 11.4 Å². The van der Waals surface area contributed by atoms with Gasteiger partial charge in [0, 0.05) is 19.2 Å². The van der Waals surface area contributed by atoms with Crippen LogP contribution in [-0.2, 0) is 11.2 Å². The minimum Gasteiger partial charge on any atom is -0.465 e. The van der Waals surface area contributed by atoms with E-state index in [0.29, 0.717) is 12.2 Å². The van der Waals surface area contributed by atoms with Crippen molar-refractivity contribution in [2.45, 2.75) is 6.42 Å². The lowest BCUT2D eigenvalue weighted by atomic mass is 10.3. The second kappa shape index (κ2) is 5.41. The van der Waals surface area contributed by atoms with Gasteiger partial charge in [-0.1, -0.05) is 0 Å². The normalized spacial score (nSPS) is 10.5. The number of H-pyrrole nitrogens is 1. The fourth-order valence-corrected chi connectivity index (χ4v) is 1.14. The van der Waals surface area contributed by atoms with E-state index >= 15 is 0 Å². The first-order valence-electron chi connectivity index (χ1n) is 4.86. The van der Waals surface area contributed by atoms with Crippen LogP contribution in [0.15, 0.2) is 11.0 Å². The van der Waals surface area contributed by atoms with Gasteiger partial charge in [0.2, 0.25) is 0 Å². The monoisotopic (exact) mass is 225 g/mol. The van der Waals surface area contributed by atoms with Gasteiger partial charge in [-0.3, -0.25) is 4.79 Å². The van der Waals surface area contributed by atoms with Gasteiger partial charge < -0.3 is 14.6 Å². The zero-order valence-corrected chi connectivity index (χ0v) is 9.61. The first-order valence-corrected chi connectivity index (χ1v) is 4.86. The second-order valence-corrected chi connectivity index (χ2v) is 3.62. The summed E-state index contributed by atoms with van der Waals surface area (Å²) in [4.78, 5) is 31.1. The fraction of sp³-hybridized carbons (Fsp3) is 0.500. The van der Waals surface area contributed by atoms with Crippen LogP contribution in [0.25, 0.3) is 0 Å². The molecule has 0 spiro atoms. The fourth-order valence-electron chi connectivity index (χ4n) is 1.14. The Balaban J connectivity index is 2.83. The summed E-state index contributed by atoms with van der Waals surface area (Å²) in [6.07, 6.45) is 1.87. The van der Waals surface area contributed by atoms with Crippen molar-refractivity contribution in [2.75, 3.05) is 27.7 Å². The van der Waals surface area contributed by atoms with E-state index in [1.165, 1.54) is 13.3 Å². The lowest BCUT2D eigenvalue weighted by Gasteiger charge is -2.08. The number of ether oxygens (including phenoxy) is 1. The van der Waals surface area contributed by atoms with Crippen LogP contribution in [0.5, 0.6) is 0 Å². The van der Waals surface area contributed by atoms with E-state index in [-0.39, 0.29) is 5.56 Å². The smallest absolute Gasteiger partial charge is 0.345 e. The molecule has 0 aliphatic heterocycles. The van der Waals surface area contributed by atoms with Crippen LogP contribution in [0.2, 0.25) is 0 Å². The molecule has 0 unspecified atom stereocenters. The summed E-state index contributed by atoms with van der Waals surface area (Å²) < 4.78 is 4.45. The summed E-state index contributed by atoms with van der Waals surface area (Å²) in [6, 6.07) is 0. The summed E-state index contributed by atoms with van der Waals surface area (Å²) in [5, 5.41) is 0. The SMILES string of the molecule is COC(=O)c1cnc(CCN(C)C)[nH]c1=O. The van der Waals surface area contributed by atoms with Gasteiger partial charge in [-0.05, 0) is 14.1 Å². The number of nitrogens with zero attached hydrogens (tertiary/aromatic N) is 2. The Kier molecular flexibility index (Phi) is 4.19. The van der Waals surface area contributed by atoms with Crippen LogP contribution >= 0.6 is 0 Å². The lowest BCUT2D eigenvalue weighted by molar-refractivity contribution is 0.0598. The molecule has 1 rings (SSSR count). The third kappa shape index (κ3) is 3.16. The number of nitrogens with one attached hydrogen (secondary N) is 1. The van der Waals surface area contributed by atoms with Gasteiger partial charge >= 0.3 is 5.97 Å². The summed E-state index contributed by atoms with van der Waals surface area (Å²) >= 11 is 0. The molecule has 0 radical (unpaired) electrons. The first-order chi connectivity index (χ1) is 7.54. The van der Waals surface area contributed by atoms with Crippen LogP contribution in [0, 0.1) is 0 Å². The number of likely N-dealkylation sites (N-methyl/N-ethyl adjacent to an activating group) is 1. The molecule has 1 heterocycles. The molecular weight excluding hydrogens is 210 g/mol. The van der Waals surface area contributed by atoms with Crippen LogP contribution < -0.4 is 5.56 Å². The molecule has 1 aromatic rings. The molecule has 1 aromatic heterocycles. The van der Waals surface area contributed by atoms with Gasteiger partial charge in [0.25, 0.3) is 5.56 Å². The molecule has 88 valence electrons. The number of methoxy groups -OCH3 is 1. The van der Waals surface area contributed by atoms with E-state index in [2.05, 4.69) is 14.7 Å². The summed E-state index contributed by atoms with van der Waals surface area (Å²) in [5.41, 5.74) is -0.535. The highest BCUT2D eigenvalue weighted by Gasteiger charge is 2.11.